The summed E-state index contributed by atoms with van der Waals surface area (Å²) in [7, 11) is 0. The number of hydrogen-bond donors (Lipinski definition) is 3. The van der Waals surface area contributed by atoms with Gasteiger partial charge in [-0.3, -0.25) is 9.32 Å². The van der Waals surface area contributed by atoms with Gasteiger partial charge in [-0.1, -0.05) is 167 Å². The van der Waals surface area contributed by atoms with Crippen molar-refractivity contribution in [3.8, 4) is 0 Å². The lowest BCUT2D eigenvalue weighted by Gasteiger charge is -2.22. The maximum absolute atomic E-state index is 12.5. The fourth-order valence-corrected chi connectivity index (χ4v) is 5.98. The van der Waals surface area contributed by atoms with Crippen LogP contribution in [0.5, 0.6) is 0 Å². The number of amides is 1. The molecule has 1 unspecified atom stereocenters. The average molecular weight is 681 g/mol. The van der Waals surface area contributed by atoms with E-state index in [9.17, 15) is 19.4 Å². The van der Waals surface area contributed by atoms with E-state index in [0.717, 1.165) is 32.1 Å². The summed E-state index contributed by atoms with van der Waals surface area (Å²) in [5.41, 5.74) is 0. The molecule has 0 saturated carbocycles. The van der Waals surface area contributed by atoms with Gasteiger partial charge in [0.25, 0.3) is 0 Å². The van der Waals surface area contributed by atoms with Crippen LogP contribution in [0.3, 0.4) is 0 Å². The van der Waals surface area contributed by atoms with Crippen molar-refractivity contribution in [1.82, 2.24) is 5.32 Å². The van der Waals surface area contributed by atoms with E-state index in [1.54, 1.807) is 6.08 Å². The maximum atomic E-state index is 12.5. The van der Waals surface area contributed by atoms with Crippen molar-refractivity contribution in [2.24, 2.45) is 0 Å². The molecule has 250 valence electrons. The van der Waals surface area contributed by atoms with Crippen molar-refractivity contribution in [2.45, 2.75) is 193 Å². The molecule has 0 bridgehead atoms. The molecule has 3 atom stereocenters. The highest BCUT2D eigenvalue weighted by atomic mass is 79.9. The second kappa shape index (κ2) is 30.8. The average Bonchev–Trinajstić information content (AvgIpc) is 2.95. The molecule has 0 aromatic rings. The molecule has 3 N–H and O–H groups in total. The Morgan fingerprint density at radius 1 is 0.714 bits per heavy atom. The van der Waals surface area contributed by atoms with Crippen LogP contribution in [0.1, 0.15) is 181 Å². The van der Waals surface area contributed by atoms with Crippen molar-refractivity contribution in [2.75, 3.05) is 6.61 Å². The molecule has 0 aliphatic heterocycles. The fraction of sp³-hybridized carbons (Fsp3) is 0.912. The number of carbonyl (C=O) groups excluding carboxylic acids is 1. The van der Waals surface area contributed by atoms with Crippen LogP contribution in [0, 0.1) is 0 Å². The number of allylic oxidation sites excluding steroid dienone is 1. The van der Waals surface area contributed by atoms with Gasteiger partial charge < -0.3 is 15.3 Å². The van der Waals surface area contributed by atoms with Gasteiger partial charge in [-0.05, 0) is 19.3 Å². The number of aliphatic hydroxyl groups excluding tert-OH is 1. The minimum Gasteiger partial charge on any atom is -0.387 e. The lowest BCUT2D eigenvalue weighted by atomic mass is 10.0. The van der Waals surface area contributed by atoms with Gasteiger partial charge in [-0.15, -0.1) is 0 Å². The first kappa shape index (κ1) is 41.8. The third kappa shape index (κ3) is 31.2. The van der Waals surface area contributed by atoms with Gasteiger partial charge >= 0.3 is 6.30 Å². The Hall–Kier alpha value is -0.200. The molecule has 0 aliphatic rings. The van der Waals surface area contributed by atoms with Gasteiger partial charge in [0, 0.05) is 21.9 Å². The molecule has 6 nitrogen and oxygen atoms in total. The fourth-order valence-electron chi connectivity index (χ4n) is 5.28. The topological polar surface area (TPSA) is 95.9 Å². The molecule has 0 heterocycles. The zero-order valence-electron chi connectivity index (χ0n) is 27.3. The van der Waals surface area contributed by atoms with Gasteiger partial charge in [-0.25, -0.2) is 4.57 Å². The lowest BCUT2D eigenvalue weighted by Crippen LogP contribution is -2.45. The van der Waals surface area contributed by atoms with Crippen LogP contribution in [-0.2, 0) is 13.9 Å². The Kier molecular flexibility index (Phi) is 30.7. The molecular weight excluding hydrogens is 613 g/mol. The SMILES string of the molecule is CCCCCCCCCCCCCC=C[C@@H](O)[C@H](COP(=O)(O)Br)NC(=O)CCCCCCCCCCCCCCC. The normalized spacial score (nSPS) is 14.7. The monoisotopic (exact) mass is 679 g/mol. The van der Waals surface area contributed by atoms with E-state index >= 15 is 0 Å². The van der Waals surface area contributed by atoms with Gasteiger partial charge in [0.1, 0.15) is 0 Å². The van der Waals surface area contributed by atoms with E-state index in [1.165, 1.54) is 128 Å². The van der Waals surface area contributed by atoms with E-state index in [1.807, 2.05) is 6.08 Å². The first-order valence-electron chi connectivity index (χ1n) is 17.6. The Balaban J connectivity index is 4.07. The molecule has 0 fully saturated rings. The largest absolute Gasteiger partial charge is 0.393 e. The summed E-state index contributed by atoms with van der Waals surface area (Å²) in [4.78, 5) is 22.0. The number of hydrogen-bond acceptors (Lipinski definition) is 4. The highest BCUT2D eigenvalue weighted by molar-refractivity contribution is 9.39. The number of rotatable bonds is 32. The Bertz CT molecular complexity index is 672. The first-order valence-corrected chi connectivity index (χ1v) is 21.2. The van der Waals surface area contributed by atoms with E-state index in [2.05, 4.69) is 34.7 Å². The van der Waals surface area contributed by atoms with Crippen molar-refractivity contribution >= 4 is 27.7 Å². The maximum Gasteiger partial charge on any atom is 0.393 e. The molecule has 8 heteroatoms. The van der Waals surface area contributed by atoms with Gasteiger partial charge in [-0.2, -0.15) is 0 Å². The summed E-state index contributed by atoms with van der Waals surface area (Å²) in [5, 5.41) is 13.5. The molecule has 1 amide bonds. The van der Waals surface area contributed by atoms with E-state index in [-0.39, 0.29) is 12.5 Å². The van der Waals surface area contributed by atoms with Gasteiger partial charge in [0.05, 0.1) is 18.8 Å². The molecule has 0 aromatic heterocycles. The third-order valence-electron chi connectivity index (χ3n) is 7.99. The quantitative estimate of drug-likeness (QED) is 0.0373. The zero-order valence-corrected chi connectivity index (χ0v) is 29.8. The summed E-state index contributed by atoms with van der Waals surface area (Å²) >= 11 is 2.61. The van der Waals surface area contributed by atoms with Crippen molar-refractivity contribution in [3.05, 3.63) is 12.2 Å². The number of unbranched alkanes of at least 4 members (excludes halogenated alkanes) is 23. The van der Waals surface area contributed by atoms with Crippen LogP contribution in [-0.4, -0.2) is 34.7 Å². The smallest absolute Gasteiger partial charge is 0.387 e. The standard InChI is InChI=1S/C34H67BrNO5P/c1-3-5-7-9-11-13-15-17-19-21-23-25-27-29-33(37)32(31-41-42(35,39)40)36-34(38)30-28-26-24-22-20-18-16-14-12-10-8-6-4-2/h27,29,32-33,37H,3-26,28,30-31H2,1-2H3,(H,36,38)(H,39,40)/t32-,33+/m0/s1. The molecule has 0 radical (unpaired) electrons. The highest BCUT2D eigenvalue weighted by Crippen LogP contribution is 2.50. The predicted octanol–water partition coefficient (Wildman–Crippen LogP) is 11.1. The minimum atomic E-state index is -3.89. The molecule has 0 saturated heterocycles. The summed E-state index contributed by atoms with van der Waals surface area (Å²) in [6.07, 6.45) is 30.5. The second-order valence-corrected chi connectivity index (χ2v) is 16.0. The van der Waals surface area contributed by atoms with Crippen LogP contribution in [0.4, 0.5) is 0 Å². The van der Waals surface area contributed by atoms with Crippen LogP contribution in [0.2, 0.25) is 0 Å². The predicted molar refractivity (Wildman–Crippen MR) is 183 cm³/mol. The van der Waals surface area contributed by atoms with Gasteiger partial charge in [0.2, 0.25) is 5.91 Å². The Morgan fingerprint density at radius 3 is 1.50 bits per heavy atom. The summed E-state index contributed by atoms with van der Waals surface area (Å²) in [6.45, 7) is 4.26. The Labute approximate surface area is 267 Å². The Morgan fingerprint density at radius 2 is 1.10 bits per heavy atom. The third-order valence-corrected chi connectivity index (χ3v) is 9.07. The summed E-state index contributed by atoms with van der Waals surface area (Å²) in [6, 6.07) is -0.772. The van der Waals surface area contributed by atoms with Crippen molar-refractivity contribution in [3.63, 3.8) is 0 Å². The molecule has 42 heavy (non-hydrogen) atoms. The molecule has 0 spiro atoms. The van der Waals surface area contributed by atoms with Crippen LogP contribution >= 0.6 is 21.8 Å². The highest BCUT2D eigenvalue weighted by Gasteiger charge is 2.23. The van der Waals surface area contributed by atoms with E-state index in [0.29, 0.717) is 6.42 Å². The van der Waals surface area contributed by atoms with Crippen LogP contribution in [0.25, 0.3) is 0 Å². The number of carbonyl (C=O) groups is 1. The zero-order chi connectivity index (χ0) is 31.2. The van der Waals surface area contributed by atoms with Gasteiger partial charge in [0.15, 0.2) is 0 Å². The number of halogens is 1. The molecule has 0 aromatic carbocycles. The van der Waals surface area contributed by atoms with E-state index in [4.69, 9.17) is 4.52 Å². The van der Waals surface area contributed by atoms with Crippen LogP contribution < -0.4 is 5.32 Å². The number of nitrogens with one attached hydrogen (secondary N) is 1. The first-order chi connectivity index (χ1) is 20.3. The second-order valence-electron chi connectivity index (χ2n) is 12.2. The minimum absolute atomic E-state index is 0.160. The molecular formula is C34H67BrNO5P. The van der Waals surface area contributed by atoms with Crippen molar-refractivity contribution < 1.29 is 23.9 Å². The molecule has 0 aliphatic carbocycles. The van der Waals surface area contributed by atoms with Crippen LogP contribution in [0.15, 0.2) is 12.2 Å². The number of aliphatic hydroxyl groups is 1. The van der Waals surface area contributed by atoms with Crippen molar-refractivity contribution in [1.29, 1.82) is 0 Å². The molecule has 0 rings (SSSR count). The lowest BCUT2D eigenvalue weighted by molar-refractivity contribution is -0.122. The summed E-state index contributed by atoms with van der Waals surface area (Å²) in [5.74, 6) is -0.160. The van der Waals surface area contributed by atoms with E-state index < -0.39 is 18.4 Å². The summed E-state index contributed by atoms with van der Waals surface area (Å²) < 4.78 is 16.5.